The van der Waals surface area contributed by atoms with Gasteiger partial charge >= 0.3 is 5.97 Å². The summed E-state index contributed by atoms with van der Waals surface area (Å²) in [6, 6.07) is 8.15. The van der Waals surface area contributed by atoms with E-state index in [2.05, 4.69) is 0 Å². The predicted octanol–water partition coefficient (Wildman–Crippen LogP) is 2.19. The Morgan fingerprint density at radius 1 is 1.41 bits per heavy atom. The molecular weight excluding hydrogens is 234 g/mol. The minimum Gasteiger partial charge on any atom is -0.469 e. The Hall–Kier alpha value is -1.00. The summed E-state index contributed by atoms with van der Waals surface area (Å²) in [5.74, 6) is -0.230. The summed E-state index contributed by atoms with van der Waals surface area (Å²) >= 11 is 1.69. The Labute approximate surface area is 107 Å². The second kappa shape index (κ2) is 6.07. The average molecular weight is 253 g/mol. The van der Waals surface area contributed by atoms with Crippen LogP contribution in [0.2, 0.25) is 0 Å². The highest BCUT2D eigenvalue weighted by molar-refractivity contribution is 7.98. The minimum atomic E-state index is -0.357. The number of methoxy groups -OCH3 is 1. The second-order valence-corrected chi connectivity index (χ2v) is 5.13. The van der Waals surface area contributed by atoms with E-state index in [1.165, 1.54) is 12.0 Å². The van der Waals surface area contributed by atoms with Gasteiger partial charge in [0.25, 0.3) is 0 Å². The number of hydrogen-bond acceptors (Lipinski definition) is 4. The minimum absolute atomic E-state index is 0.230. The zero-order chi connectivity index (χ0) is 12.9. The Bertz CT molecular complexity index is 378. The standard InChI is InChI=1S/C13H19NO2S/c1-13(9-14,8-12(15)16-2)10-4-6-11(17-3)7-5-10/h4-7H,8-9,14H2,1-3H3. The number of benzene rings is 1. The molecule has 0 saturated heterocycles. The van der Waals surface area contributed by atoms with Gasteiger partial charge in [-0.3, -0.25) is 4.79 Å². The van der Waals surface area contributed by atoms with Crippen LogP contribution in [0.1, 0.15) is 18.9 Å². The highest BCUT2D eigenvalue weighted by atomic mass is 32.2. The molecule has 1 unspecified atom stereocenters. The van der Waals surface area contributed by atoms with Crippen molar-refractivity contribution in [2.75, 3.05) is 19.9 Å². The third-order valence-corrected chi connectivity index (χ3v) is 3.74. The summed E-state index contributed by atoms with van der Waals surface area (Å²) in [7, 11) is 1.40. The molecule has 0 aliphatic heterocycles. The number of rotatable bonds is 5. The first kappa shape index (κ1) is 14.1. The van der Waals surface area contributed by atoms with Crippen LogP contribution in [0.15, 0.2) is 29.2 Å². The van der Waals surface area contributed by atoms with E-state index in [0.717, 1.165) is 5.56 Å². The molecule has 0 aromatic heterocycles. The van der Waals surface area contributed by atoms with Crippen molar-refractivity contribution in [3.8, 4) is 0 Å². The monoisotopic (exact) mass is 253 g/mol. The number of thioether (sulfide) groups is 1. The van der Waals surface area contributed by atoms with E-state index in [1.807, 2.05) is 37.4 Å². The molecule has 0 fully saturated rings. The molecule has 3 nitrogen and oxygen atoms in total. The van der Waals surface area contributed by atoms with Crippen molar-refractivity contribution < 1.29 is 9.53 Å². The summed E-state index contributed by atoms with van der Waals surface area (Å²) in [6.45, 7) is 2.40. The first-order valence-electron chi connectivity index (χ1n) is 5.47. The summed E-state index contributed by atoms with van der Waals surface area (Å²) in [4.78, 5) is 12.6. The van der Waals surface area contributed by atoms with Gasteiger partial charge in [0.15, 0.2) is 0 Å². The molecule has 2 N–H and O–H groups in total. The molecule has 94 valence electrons. The predicted molar refractivity (Wildman–Crippen MR) is 71.3 cm³/mol. The first-order chi connectivity index (χ1) is 8.05. The molecular formula is C13H19NO2S. The van der Waals surface area contributed by atoms with Crippen LogP contribution in [0.25, 0.3) is 0 Å². The van der Waals surface area contributed by atoms with Crippen LogP contribution in [-0.4, -0.2) is 25.9 Å². The van der Waals surface area contributed by atoms with Gasteiger partial charge in [0.1, 0.15) is 0 Å². The average Bonchev–Trinajstić information content (AvgIpc) is 2.38. The van der Waals surface area contributed by atoms with Crippen molar-refractivity contribution in [2.24, 2.45) is 5.73 Å². The van der Waals surface area contributed by atoms with E-state index >= 15 is 0 Å². The van der Waals surface area contributed by atoms with Crippen molar-refractivity contribution >= 4 is 17.7 Å². The van der Waals surface area contributed by atoms with Crippen LogP contribution >= 0.6 is 11.8 Å². The van der Waals surface area contributed by atoms with Crippen molar-refractivity contribution in [3.05, 3.63) is 29.8 Å². The molecule has 1 rings (SSSR count). The number of esters is 1. The first-order valence-corrected chi connectivity index (χ1v) is 6.69. The number of carbonyl (C=O) groups is 1. The Morgan fingerprint density at radius 2 is 2.00 bits per heavy atom. The fourth-order valence-corrected chi connectivity index (χ4v) is 2.08. The van der Waals surface area contributed by atoms with Crippen LogP contribution in [0.4, 0.5) is 0 Å². The van der Waals surface area contributed by atoms with E-state index in [1.54, 1.807) is 11.8 Å². The summed E-state index contributed by atoms with van der Waals surface area (Å²) in [5.41, 5.74) is 6.51. The van der Waals surface area contributed by atoms with Crippen LogP contribution in [0.3, 0.4) is 0 Å². The maximum absolute atomic E-state index is 11.4. The maximum atomic E-state index is 11.4. The van der Waals surface area contributed by atoms with Crippen molar-refractivity contribution in [1.82, 2.24) is 0 Å². The lowest BCUT2D eigenvalue weighted by atomic mass is 9.79. The zero-order valence-electron chi connectivity index (χ0n) is 10.5. The molecule has 0 saturated carbocycles. The van der Waals surface area contributed by atoms with E-state index in [4.69, 9.17) is 10.5 Å². The molecule has 0 aliphatic carbocycles. The third kappa shape index (κ3) is 3.48. The molecule has 1 aromatic carbocycles. The van der Waals surface area contributed by atoms with Crippen molar-refractivity contribution in [3.63, 3.8) is 0 Å². The SMILES string of the molecule is COC(=O)CC(C)(CN)c1ccc(SC)cc1. The fraction of sp³-hybridized carbons (Fsp3) is 0.462. The number of hydrogen-bond donors (Lipinski definition) is 1. The van der Waals surface area contributed by atoms with Gasteiger partial charge < -0.3 is 10.5 Å². The Morgan fingerprint density at radius 3 is 2.41 bits per heavy atom. The maximum Gasteiger partial charge on any atom is 0.306 e. The van der Waals surface area contributed by atoms with Gasteiger partial charge in [0, 0.05) is 16.9 Å². The Kier molecular flexibility index (Phi) is 5.02. The molecule has 0 radical (unpaired) electrons. The lowest BCUT2D eigenvalue weighted by molar-refractivity contribution is -0.141. The fourth-order valence-electron chi connectivity index (χ4n) is 1.68. The number of carbonyl (C=O) groups excluding carboxylic acids is 1. The summed E-state index contributed by atoms with van der Waals surface area (Å²) in [5, 5.41) is 0. The lowest BCUT2D eigenvalue weighted by Crippen LogP contribution is -2.34. The lowest BCUT2D eigenvalue weighted by Gasteiger charge is -2.27. The van der Waals surface area contributed by atoms with Gasteiger partial charge in [-0.2, -0.15) is 0 Å². The van der Waals surface area contributed by atoms with Gasteiger partial charge in [0.05, 0.1) is 13.5 Å². The van der Waals surface area contributed by atoms with Gasteiger partial charge in [-0.25, -0.2) is 0 Å². The van der Waals surface area contributed by atoms with E-state index < -0.39 is 0 Å². The molecule has 0 amide bonds. The van der Waals surface area contributed by atoms with Crippen LogP contribution in [0, 0.1) is 0 Å². The normalized spacial score (nSPS) is 14.1. The van der Waals surface area contributed by atoms with Crippen LogP contribution in [-0.2, 0) is 14.9 Å². The molecule has 4 heteroatoms. The highest BCUT2D eigenvalue weighted by Crippen LogP contribution is 2.28. The molecule has 0 spiro atoms. The largest absolute Gasteiger partial charge is 0.469 e. The molecule has 1 atom stereocenters. The van der Waals surface area contributed by atoms with Gasteiger partial charge in [-0.15, -0.1) is 11.8 Å². The van der Waals surface area contributed by atoms with E-state index in [-0.39, 0.29) is 11.4 Å². The summed E-state index contributed by atoms with van der Waals surface area (Å²) < 4.78 is 4.72. The molecule has 0 aliphatic rings. The van der Waals surface area contributed by atoms with Crippen LogP contribution in [0.5, 0.6) is 0 Å². The topological polar surface area (TPSA) is 52.3 Å². The number of ether oxygens (including phenoxy) is 1. The highest BCUT2D eigenvalue weighted by Gasteiger charge is 2.28. The van der Waals surface area contributed by atoms with Gasteiger partial charge in [-0.05, 0) is 24.0 Å². The smallest absolute Gasteiger partial charge is 0.306 e. The number of nitrogens with two attached hydrogens (primary N) is 1. The molecule has 17 heavy (non-hydrogen) atoms. The Balaban J connectivity index is 2.94. The van der Waals surface area contributed by atoms with Crippen molar-refractivity contribution in [1.29, 1.82) is 0 Å². The van der Waals surface area contributed by atoms with Gasteiger partial charge in [0.2, 0.25) is 0 Å². The van der Waals surface area contributed by atoms with Crippen molar-refractivity contribution in [2.45, 2.75) is 23.7 Å². The molecule has 0 bridgehead atoms. The van der Waals surface area contributed by atoms with E-state index in [9.17, 15) is 4.79 Å². The second-order valence-electron chi connectivity index (χ2n) is 4.25. The summed E-state index contributed by atoms with van der Waals surface area (Å²) in [6.07, 6.45) is 2.34. The zero-order valence-corrected chi connectivity index (χ0v) is 11.3. The van der Waals surface area contributed by atoms with E-state index in [0.29, 0.717) is 13.0 Å². The molecule has 1 aromatic rings. The van der Waals surface area contributed by atoms with Crippen LogP contribution < -0.4 is 5.73 Å². The quantitative estimate of drug-likeness (QED) is 0.645. The van der Waals surface area contributed by atoms with Gasteiger partial charge in [-0.1, -0.05) is 19.1 Å². The third-order valence-electron chi connectivity index (χ3n) is 3.00. The molecule has 0 heterocycles.